The molecule has 4 nitrogen and oxygen atoms in total. The first kappa shape index (κ1) is 17.9. The number of anilines is 2. The molecule has 3 N–H and O–H groups in total. The normalized spacial score (nSPS) is 11.0. The molecule has 26 heavy (non-hydrogen) atoms. The molecule has 0 unspecified atom stereocenters. The number of benzene rings is 2. The van der Waals surface area contributed by atoms with Crippen LogP contribution in [0.4, 0.5) is 15.8 Å². The number of furan rings is 1. The Morgan fingerprint density at radius 1 is 1.23 bits per heavy atom. The number of nitrogen functional groups attached to an aromatic ring is 1. The Bertz CT molecular complexity index is 972. The van der Waals surface area contributed by atoms with Gasteiger partial charge in [-0.05, 0) is 70.9 Å². The van der Waals surface area contributed by atoms with Crippen molar-refractivity contribution >= 4 is 39.3 Å². The van der Waals surface area contributed by atoms with Crippen molar-refractivity contribution < 1.29 is 13.6 Å². The lowest BCUT2D eigenvalue weighted by molar-refractivity contribution is -0.111. The molecule has 0 atom stereocenters. The summed E-state index contributed by atoms with van der Waals surface area (Å²) >= 11 is 3.39. The second-order valence-electron chi connectivity index (χ2n) is 5.70. The van der Waals surface area contributed by atoms with Gasteiger partial charge in [0.2, 0.25) is 5.91 Å². The quantitative estimate of drug-likeness (QED) is 0.444. The fourth-order valence-electron chi connectivity index (χ4n) is 2.50. The predicted octanol–water partition coefficient (Wildman–Crippen LogP) is 5.39. The number of nitrogens with one attached hydrogen (secondary N) is 1. The summed E-state index contributed by atoms with van der Waals surface area (Å²) in [5.74, 6) is 0.174. The Balaban J connectivity index is 1.73. The molecule has 1 heterocycles. The van der Waals surface area contributed by atoms with Gasteiger partial charge in [-0.25, -0.2) is 4.39 Å². The van der Waals surface area contributed by atoms with Gasteiger partial charge < -0.3 is 15.5 Å². The third-order valence-corrected chi connectivity index (χ3v) is 4.35. The standard InChI is InChI=1S/C20H16BrFN2O2/c1-12-10-13(23)11-16(21)20(12)24-19(25)9-7-14-6-8-18(26-14)15-4-2-3-5-17(15)22/h2-11H,23H2,1H3,(H,24,25)/b9-7+. The minimum absolute atomic E-state index is 0.317. The van der Waals surface area contributed by atoms with Crippen molar-refractivity contribution in [3.8, 4) is 11.3 Å². The highest BCUT2D eigenvalue weighted by Crippen LogP contribution is 2.29. The molecule has 0 aliphatic heterocycles. The Hall–Kier alpha value is -2.86. The second kappa shape index (κ2) is 7.58. The van der Waals surface area contributed by atoms with Crippen LogP contribution in [0, 0.1) is 12.7 Å². The van der Waals surface area contributed by atoms with Gasteiger partial charge in [0.25, 0.3) is 0 Å². The van der Waals surface area contributed by atoms with Crippen molar-refractivity contribution in [2.24, 2.45) is 0 Å². The van der Waals surface area contributed by atoms with Gasteiger partial charge in [-0.1, -0.05) is 12.1 Å². The van der Waals surface area contributed by atoms with Gasteiger partial charge in [-0.2, -0.15) is 0 Å². The third-order valence-electron chi connectivity index (χ3n) is 3.72. The third kappa shape index (κ3) is 4.03. The fraction of sp³-hybridized carbons (Fsp3) is 0.0500. The van der Waals surface area contributed by atoms with E-state index in [1.807, 2.05) is 6.92 Å². The Labute approximate surface area is 158 Å². The molecule has 0 aliphatic carbocycles. The van der Waals surface area contributed by atoms with Crippen molar-refractivity contribution in [1.82, 2.24) is 0 Å². The largest absolute Gasteiger partial charge is 0.457 e. The summed E-state index contributed by atoms with van der Waals surface area (Å²) in [6.45, 7) is 1.85. The van der Waals surface area contributed by atoms with Gasteiger partial charge in [0, 0.05) is 16.2 Å². The SMILES string of the molecule is Cc1cc(N)cc(Br)c1NC(=O)/C=C/c1ccc(-c2ccccc2F)o1. The molecule has 0 fully saturated rings. The lowest BCUT2D eigenvalue weighted by Gasteiger charge is -2.10. The van der Waals surface area contributed by atoms with Crippen LogP contribution in [0.2, 0.25) is 0 Å². The molecule has 0 radical (unpaired) electrons. The zero-order valence-corrected chi connectivity index (χ0v) is 15.5. The summed E-state index contributed by atoms with van der Waals surface area (Å²) in [6, 6.07) is 13.2. The summed E-state index contributed by atoms with van der Waals surface area (Å²) in [5, 5.41) is 2.79. The Kier molecular flexibility index (Phi) is 5.23. The summed E-state index contributed by atoms with van der Waals surface area (Å²) in [7, 11) is 0. The Morgan fingerprint density at radius 3 is 2.73 bits per heavy atom. The molecular formula is C20H16BrFN2O2. The zero-order valence-electron chi connectivity index (χ0n) is 13.9. The van der Waals surface area contributed by atoms with E-state index in [4.69, 9.17) is 10.2 Å². The molecule has 0 aliphatic rings. The zero-order chi connectivity index (χ0) is 18.7. The molecule has 3 aromatic rings. The highest BCUT2D eigenvalue weighted by atomic mass is 79.9. The molecule has 0 spiro atoms. The van der Waals surface area contributed by atoms with Crippen molar-refractivity contribution in [2.45, 2.75) is 6.92 Å². The average Bonchev–Trinajstić information content (AvgIpc) is 3.05. The van der Waals surface area contributed by atoms with E-state index < -0.39 is 0 Å². The number of hydrogen-bond acceptors (Lipinski definition) is 3. The number of amides is 1. The van der Waals surface area contributed by atoms with Crippen molar-refractivity contribution in [3.05, 3.63) is 76.2 Å². The van der Waals surface area contributed by atoms with E-state index in [-0.39, 0.29) is 11.7 Å². The number of nitrogens with two attached hydrogens (primary N) is 1. The van der Waals surface area contributed by atoms with E-state index in [1.54, 1.807) is 42.5 Å². The second-order valence-corrected chi connectivity index (χ2v) is 6.55. The first-order valence-electron chi connectivity index (χ1n) is 7.83. The van der Waals surface area contributed by atoms with Crippen LogP contribution in [-0.4, -0.2) is 5.91 Å². The van der Waals surface area contributed by atoms with Crippen LogP contribution in [0.5, 0.6) is 0 Å². The molecule has 1 aromatic heterocycles. The van der Waals surface area contributed by atoms with Crippen molar-refractivity contribution in [3.63, 3.8) is 0 Å². The Morgan fingerprint density at radius 2 is 2.00 bits per heavy atom. The highest BCUT2D eigenvalue weighted by Gasteiger charge is 2.09. The summed E-state index contributed by atoms with van der Waals surface area (Å²) in [4.78, 5) is 12.2. The van der Waals surface area contributed by atoms with Crippen LogP contribution < -0.4 is 11.1 Å². The maximum absolute atomic E-state index is 13.8. The van der Waals surface area contributed by atoms with Crippen LogP contribution in [0.25, 0.3) is 17.4 Å². The monoisotopic (exact) mass is 414 g/mol. The van der Waals surface area contributed by atoms with E-state index >= 15 is 0 Å². The molecule has 0 saturated heterocycles. The predicted molar refractivity (Wildman–Crippen MR) is 105 cm³/mol. The minimum Gasteiger partial charge on any atom is -0.457 e. The molecular weight excluding hydrogens is 399 g/mol. The molecule has 132 valence electrons. The maximum atomic E-state index is 13.8. The summed E-state index contributed by atoms with van der Waals surface area (Å²) < 4.78 is 20.1. The lowest BCUT2D eigenvalue weighted by Crippen LogP contribution is -2.09. The van der Waals surface area contributed by atoms with Gasteiger partial charge in [-0.3, -0.25) is 4.79 Å². The lowest BCUT2D eigenvalue weighted by atomic mass is 10.1. The smallest absolute Gasteiger partial charge is 0.248 e. The number of carbonyl (C=O) groups excluding carboxylic acids is 1. The number of rotatable bonds is 4. The topological polar surface area (TPSA) is 68.3 Å². The molecule has 1 amide bonds. The van der Waals surface area contributed by atoms with Crippen LogP contribution in [0.3, 0.4) is 0 Å². The van der Waals surface area contributed by atoms with E-state index in [0.717, 1.165) is 5.56 Å². The first-order chi connectivity index (χ1) is 12.4. The number of carbonyl (C=O) groups is 1. The maximum Gasteiger partial charge on any atom is 0.248 e. The molecule has 0 bridgehead atoms. The molecule has 2 aromatic carbocycles. The number of aryl methyl sites for hydroxylation is 1. The van der Waals surface area contributed by atoms with E-state index in [1.165, 1.54) is 18.2 Å². The number of halogens is 2. The van der Waals surface area contributed by atoms with Crippen LogP contribution in [-0.2, 0) is 4.79 Å². The van der Waals surface area contributed by atoms with Crippen LogP contribution >= 0.6 is 15.9 Å². The minimum atomic E-state index is -0.362. The van der Waals surface area contributed by atoms with Gasteiger partial charge in [0.15, 0.2) is 0 Å². The van der Waals surface area contributed by atoms with Crippen LogP contribution in [0.15, 0.2) is 63.5 Å². The molecule has 6 heteroatoms. The van der Waals surface area contributed by atoms with Crippen molar-refractivity contribution in [1.29, 1.82) is 0 Å². The summed E-state index contributed by atoms with van der Waals surface area (Å²) in [5.41, 5.74) is 8.24. The van der Waals surface area contributed by atoms with E-state index in [2.05, 4.69) is 21.2 Å². The molecule has 0 saturated carbocycles. The van der Waals surface area contributed by atoms with Crippen LogP contribution in [0.1, 0.15) is 11.3 Å². The highest BCUT2D eigenvalue weighted by molar-refractivity contribution is 9.10. The average molecular weight is 415 g/mol. The van der Waals surface area contributed by atoms with Gasteiger partial charge in [0.1, 0.15) is 17.3 Å². The van der Waals surface area contributed by atoms with Crippen molar-refractivity contribution in [2.75, 3.05) is 11.1 Å². The van der Waals surface area contributed by atoms with Gasteiger partial charge in [0.05, 0.1) is 11.3 Å². The first-order valence-corrected chi connectivity index (χ1v) is 8.63. The molecule has 3 rings (SSSR count). The fourth-order valence-corrected chi connectivity index (χ4v) is 3.18. The van der Waals surface area contributed by atoms with Gasteiger partial charge in [-0.15, -0.1) is 0 Å². The van der Waals surface area contributed by atoms with Gasteiger partial charge >= 0.3 is 0 Å². The number of hydrogen-bond donors (Lipinski definition) is 2. The summed E-state index contributed by atoms with van der Waals surface area (Å²) in [6.07, 6.45) is 2.88. The van der Waals surface area contributed by atoms with E-state index in [0.29, 0.717) is 32.9 Å². The van der Waals surface area contributed by atoms with E-state index in [9.17, 15) is 9.18 Å².